The van der Waals surface area contributed by atoms with Gasteiger partial charge in [-0.25, -0.2) is 45.6 Å². The van der Waals surface area contributed by atoms with E-state index in [0.29, 0.717) is 0 Å². The van der Waals surface area contributed by atoms with Gasteiger partial charge in [0.05, 0.1) is 0 Å². The number of hydrogen-bond donors (Lipinski definition) is 0. The summed E-state index contributed by atoms with van der Waals surface area (Å²) in [6.45, 7) is 21.4. The van der Waals surface area contributed by atoms with E-state index in [4.69, 9.17) is 0 Å². The van der Waals surface area contributed by atoms with E-state index in [9.17, 15) is 0 Å². The van der Waals surface area contributed by atoms with Crippen molar-refractivity contribution in [2.24, 2.45) is 0 Å². The smallest absolute Gasteiger partial charge is 0.0213 e. The minimum Gasteiger partial charge on any atom is -1.00 e. The van der Waals surface area contributed by atoms with E-state index < -0.39 is 0 Å². The molecule has 6 heteroatoms. The first kappa shape index (κ1) is 49.6. The van der Waals surface area contributed by atoms with Crippen molar-refractivity contribution >= 4 is 19.0 Å². The average Bonchev–Trinajstić information content (AvgIpc) is 3.55. The van der Waals surface area contributed by atoms with Crippen molar-refractivity contribution in [1.82, 2.24) is 0 Å². The molecule has 0 atom stereocenters. The fourth-order valence-electron chi connectivity index (χ4n) is 2.33. The van der Waals surface area contributed by atoms with Gasteiger partial charge in [0.1, 0.15) is 0 Å². The van der Waals surface area contributed by atoms with Crippen LogP contribution in [-0.4, -0.2) is 19.0 Å². The molecule has 0 aromatic heterocycles. The van der Waals surface area contributed by atoms with Gasteiger partial charge in [-0.3, -0.25) is 24.3 Å². The van der Waals surface area contributed by atoms with Gasteiger partial charge in [0, 0.05) is 70.7 Å². The summed E-state index contributed by atoms with van der Waals surface area (Å²) < 4.78 is 0. The molecule has 0 aromatic rings. The van der Waals surface area contributed by atoms with Crippen molar-refractivity contribution < 1.29 is 76.5 Å². The maximum Gasteiger partial charge on any atom is 0.0213 e. The summed E-state index contributed by atoms with van der Waals surface area (Å²) in [6.07, 6.45) is 29.5. The second-order valence-corrected chi connectivity index (χ2v) is 10.2. The van der Waals surface area contributed by atoms with Crippen LogP contribution in [0.15, 0.2) is 69.9 Å². The Bertz CT molecular complexity index is 655. The van der Waals surface area contributed by atoms with Crippen LogP contribution in [0.25, 0.3) is 0 Å². The summed E-state index contributed by atoms with van der Waals surface area (Å²) in [6, 6.07) is 0. The van der Waals surface area contributed by atoms with Gasteiger partial charge < -0.3 is 24.8 Å². The maximum atomic E-state index is 3.19. The van der Waals surface area contributed by atoms with Crippen LogP contribution in [0.3, 0.4) is 0 Å². The van der Waals surface area contributed by atoms with Crippen molar-refractivity contribution in [2.75, 3.05) is 0 Å². The molecular formula is C30H46Cl2Hf2Si2-6. The number of rotatable bonds is 0. The molecule has 0 aromatic carbocycles. The molecule has 36 heavy (non-hydrogen) atoms. The summed E-state index contributed by atoms with van der Waals surface area (Å²) in [5.74, 6) is 0. The normalized spacial score (nSPS) is 14.6. The van der Waals surface area contributed by atoms with Crippen molar-refractivity contribution in [1.29, 1.82) is 0 Å². The summed E-state index contributed by atoms with van der Waals surface area (Å²) in [4.78, 5) is 0. The Balaban J connectivity index is -0.0000000753. The topological polar surface area (TPSA) is 0 Å². The zero-order chi connectivity index (χ0) is 24.8. The maximum absolute atomic E-state index is 3.19. The minimum atomic E-state index is 0. The summed E-state index contributed by atoms with van der Waals surface area (Å²) in [5, 5.41) is 0. The zero-order valence-electron chi connectivity index (χ0n) is 24.2. The Morgan fingerprint density at radius 2 is 0.806 bits per heavy atom. The standard InChI is InChI=1S/2C7H9.2C6H7.2C2H7Si.2ClH.2Hf/c2*1-6-4-3-5-7(6)2;2*1-6-4-2-3-5-6;2*1-3-2;;;;/h2*4H,3H2,1-2H3;2*2,4H,3H2,1H3;2*3H,1-2H3;2*1H;;/q4*-1;;;;;;/p-2. The van der Waals surface area contributed by atoms with Crippen LogP contribution in [0.5, 0.6) is 0 Å². The summed E-state index contributed by atoms with van der Waals surface area (Å²) >= 11 is 0. The Hall–Kier alpha value is 0.674. The predicted octanol–water partition coefficient (Wildman–Crippen LogP) is 2.60. The number of hydrogen-bond acceptors (Lipinski definition) is 0. The van der Waals surface area contributed by atoms with Gasteiger partial charge in [0.15, 0.2) is 0 Å². The molecule has 2 radical (unpaired) electrons. The third kappa shape index (κ3) is 32.7. The van der Waals surface area contributed by atoms with Gasteiger partial charge >= 0.3 is 0 Å². The van der Waals surface area contributed by atoms with E-state index in [2.05, 4.69) is 128 Å². The van der Waals surface area contributed by atoms with Crippen LogP contribution >= 0.6 is 0 Å². The van der Waals surface area contributed by atoms with E-state index >= 15 is 0 Å². The molecule has 202 valence electrons. The third-order valence-electron chi connectivity index (χ3n) is 4.47. The van der Waals surface area contributed by atoms with Crippen molar-refractivity contribution in [3.05, 3.63) is 94.2 Å². The first-order valence-corrected chi connectivity index (χ1v) is 16.3. The first-order chi connectivity index (χ1) is 15.2. The van der Waals surface area contributed by atoms with Crippen LogP contribution in [0.4, 0.5) is 0 Å². The first-order valence-electron chi connectivity index (χ1n) is 11.7. The molecule has 0 aliphatic heterocycles. The summed E-state index contributed by atoms with van der Waals surface area (Å²) in [5.41, 5.74) is 7.96. The molecule has 0 saturated carbocycles. The Labute approximate surface area is 280 Å². The monoisotopic (exact) mass is 892 g/mol. The molecule has 0 heterocycles. The van der Waals surface area contributed by atoms with Gasteiger partial charge in [-0.05, 0) is 0 Å². The largest absolute Gasteiger partial charge is 1.00 e. The van der Waals surface area contributed by atoms with Gasteiger partial charge in [-0.2, -0.15) is 24.3 Å². The quantitative estimate of drug-likeness (QED) is 0.260. The van der Waals surface area contributed by atoms with E-state index in [1.807, 2.05) is 0 Å². The van der Waals surface area contributed by atoms with Gasteiger partial charge in [0.2, 0.25) is 0 Å². The molecule has 4 aliphatic carbocycles. The van der Waals surface area contributed by atoms with Gasteiger partial charge in [0.25, 0.3) is 0 Å². The van der Waals surface area contributed by atoms with Crippen LogP contribution in [-0.2, 0) is 51.7 Å². The molecule has 0 nitrogen and oxygen atoms in total. The van der Waals surface area contributed by atoms with E-state index in [0.717, 1.165) is 44.7 Å². The predicted molar refractivity (Wildman–Crippen MR) is 152 cm³/mol. The molecule has 4 aliphatic rings. The van der Waals surface area contributed by atoms with E-state index in [1.165, 1.54) is 33.4 Å². The Kier molecular flexibility index (Phi) is 49.2. The Morgan fingerprint density at radius 3 is 0.861 bits per heavy atom. The zero-order valence-corrected chi connectivity index (χ0v) is 35.2. The van der Waals surface area contributed by atoms with Gasteiger partial charge in [-0.15, -0.1) is 39.5 Å². The number of allylic oxidation sites excluding steroid dienone is 16. The summed E-state index contributed by atoms with van der Waals surface area (Å²) in [7, 11) is 1.50. The Morgan fingerprint density at radius 1 is 0.528 bits per heavy atom. The van der Waals surface area contributed by atoms with E-state index in [1.54, 1.807) is 0 Å². The van der Waals surface area contributed by atoms with Gasteiger partial charge in [-0.1, -0.05) is 53.9 Å². The number of halogens is 2. The molecule has 0 N–H and O–H groups in total. The fraction of sp³-hybridized carbons (Fsp3) is 0.467. The molecule has 0 spiro atoms. The average molecular weight is 891 g/mol. The van der Waals surface area contributed by atoms with Crippen molar-refractivity contribution in [3.8, 4) is 0 Å². The van der Waals surface area contributed by atoms with Crippen LogP contribution in [0, 0.1) is 24.3 Å². The van der Waals surface area contributed by atoms with Crippen molar-refractivity contribution in [3.63, 3.8) is 0 Å². The fourth-order valence-corrected chi connectivity index (χ4v) is 2.33. The molecule has 0 amide bonds. The molecule has 0 fully saturated rings. The second kappa shape index (κ2) is 35.7. The van der Waals surface area contributed by atoms with Crippen molar-refractivity contribution in [2.45, 2.75) is 93.4 Å². The van der Waals surface area contributed by atoms with Crippen LogP contribution in [0.2, 0.25) is 26.2 Å². The van der Waals surface area contributed by atoms with E-state index in [-0.39, 0.29) is 76.5 Å². The van der Waals surface area contributed by atoms with Crippen LogP contribution in [0.1, 0.15) is 67.2 Å². The molecule has 0 saturated heterocycles. The molecule has 0 unspecified atom stereocenters. The molecular weight excluding hydrogens is 844 g/mol. The SMILES string of the molecule is CC1=[C-]CC=C1.CC1=[C-]CC=C1.CC1=[C-]CC=C1C.CC1=[C-]CC=C1C.C[SiH]C.C[SiH]C.[Cl-].[Cl-].[Hf].[Hf]. The second-order valence-electron chi connectivity index (χ2n) is 7.87. The molecule has 4 rings (SSSR count). The third-order valence-corrected chi connectivity index (χ3v) is 4.47. The van der Waals surface area contributed by atoms with Crippen LogP contribution < -0.4 is 24.8 Å². The molecule has 0 bridgehead atoms. The minimum absolute atomic E-state index is 0.